The Morgan fingerprint density at radius 3 is 2.17 bits per heavy atom. The van der Waals surface area contributed by atoms with Crippen LogP contribution in [0.2, 0.25) is 5.02 Å². The molecule has 0 unspecified atom stereocenters. The molecule has 254 valence electrons. The molecule has 3 aliphatic rings. The Bertz CT molecular complexity index is 1330. The zero-order valence-electron chi connectivity index (χ0n) is 25.8. The predicted octanol–water partition coefficient (Wildman–Crippen LogP) is 8.35. The van der Waals surface area contributed by atoms with E-state index in [2.05, 4.69) is 9.80 Å². The predicted molar refractivity (Wildman–Crippen MR) is 163 cm³/mol. The number of alkyl halides is 6. The van der Waals surface area contributed by atoms with Gasteiger partial charge in [0, 0.05) is 35.1 Å². The number of amides is 1. The lowest BCUT2D eigenvalue weighted by Crippen LogP contribution is -2.48. The molecule has 1 atom stereocenters. The Morgan fingerprint density at radius 2 is 1.52 bits per heavy atom. The zero-order chi connectivity index (χ0) is 33.1. The number of halogens is 8. The highest BCUT2D eigenvalue weighted by Crippen LogP contribution is 2.45. The Morgan fingerprint density at radius 1 is 0.848 bits per heavy atom. The highest BCUT2D eigenvalue weighted by molar-refractivity contribution is 6.31. The van der Waals surface area contributed by atoms with Gasteiger partial charge in [-0.2, -0.15) is 26.3 Å². The molecule has 0 saturated carbocycles. The smallest absolute Gasteiger partial charge is 0.342 e. The monoisotopic (exact) mass is 675 g/mol. The molecule has 0 spiro atoms. The fourth-order valence-corrected chi connectivity index (χ4v) is 7.80. The van der Waals surface area contributed by atoms with Crippen molar-refractivity contribution in [1.29, 1.82) is 0 Å². The number of piperidine rings is 2. The number of hydrogen-bond donors (Lipinski definition) is 0. The van der Waals surface area contributed by atoms with Gasteiger partial charge in [-0.05, 0) is 107 Å². The van der Waals surface area contributed by atoms with E-state index in [9.17, 15) is 35.5 Å². The number of benzene rings is 2. The largest absolute Gasteiger partial charge is 0.417 e. The molecule has 1 amide bonds. The number of carbonyl (C=O) groups excluding carboxylic acids is 1. The Balaban J connectivity index is 1.43. The van der Waals surface area contributed by atoms with Crippen LogP contribution in [0.15, 0.2) is 36.4 Å². The lowest BCUT2D eigenvalue weighted by atomic mass is 9.72. The van der Waals surface area contributed by atoms with Gasteiger partial charge in [0.25, 0.3) is 0 Å². The van der Waals surface area contributed by atoms with Crippen molar-refractivity contribution < 1.29 is 35.5 Å². The van der Waals surface area contributed by atoms with Crippen LogP contribution < -0.4 is 0 Å². The summed E-state index contributed by atoms with van der Waals surface area (Å²) in [5.41, 5.74) is -4.30. The molecule has 0 aliphatic carbocycles. The number of carbonyl (C=O) groups is 1. The van der Waals surface area contributed by atoms with Crippen LogP contribution in [0.1, 0.15) is 80.0 Å². The molecule has 12 heteroatoms. The Labute approximate surface area is 270 Å². The van der Waals surface area contributed by atoms with Crippen molar-refractivity contribution in [1.82, 2.24) is 14.7 Å². The first kappa shape index (κ1) is 35.0. The summed E-state index contributed by atoms with van der Waals surface area (Å²) in [4.78, 5) is 20.0. The molecular weight excluding hydrogens is 635 g/mol. The summed E-state index contributed by atoms with van der Waals surface area (Å²) < 4.78 is 98.0. The van der Waals surface area contributed by atoms with Gasteiger partial charge >= 0.3 is 12.4 Å². The average Bonchev–Trinajstić information content (AvgIpc) is 3.25. The van der Waals surface area contributed by atoms with Crippen LogP contribution >= 0.6 is 11.6 Å². The molecular formula is C34H41ClF7N3O. The minimum absolute atomic E-state index is 0.0187. The van der Waals surface area contributed by atoms with Crippen LogP contribution in [-0.4, -0.2) is 72.5 Å². The summed E-state index contributed by atoms with van der Waals surface area (Å²) in [5, 5.41) is 0.0972. The third-order valence-corrected chi connectivity index (χ3v) is 10.5. The lowest BCUT2D eigenvalue weighted by molar-refractivity contribution is -0.162. The van der Waals surface area contributed by atoms with E-state index in [0.29, 0.717) is 56.9 Å². The summed E-state index contributed by atoms with van der Waals surface area (Å²) in [7, 11) is 0. The third kappa shape index (κ3) is 8.19. The highest BCUT2D eigenvalue weighted by Gasteiger charge is 2.45. The van der Waals surface area contributed by atoms with Gasteiger partial charge in [-0.3, -0.25) is 4.79 Å². The van der Waals surface area contributed by atoms with Gasteiger partial charge in [-0.25, -0.2) is 4.39 Å². The quantitative estimate of drug-likeness (QED) is 0.276. The molecule has 3 aliphatic heterocycles. The van der Waals surface area contributed by atoms with Crippen molar-refractivity contribution in [3.63, 3.8) is 0 Å². The van der Waals surface area contributed by atoms with Gasteiger partial charge in [0.1, 0.15) is 5.82 Å². The van der Waals surface area contributed by atoms with E-state index in [0.717, 1.165) is 45.1 Å². The number of rotatable bonds is 7. The summed E-state index contributed by atoms with van der Waals surface area (Å²) in [5.74, 6) is -1.06. The number of hydrogen-bond acceptors (Lipinski definition) is 3. The van der Waals surface area contributed by atoms with E-state index in [1.54, 1.807) is 0 Å². The van der Waals surface area contributed by atoms with E-state index >= 15 is 0 Å². The van der Waals surface area contributed by atoms with Crippen LogP contribution in [-0.2, 0) is 29.0 Å². The maximum Gasteiger partial charge on any atom is 0.417 e. The second kappa shape index (κ2) is 14.4. The van der Waals surface area contributed by atoms with E-state index in [1.165, 1.54) is 42.4 Å². The van der Waals surface area contributed by atoms with Crippen LogP contribution in [0, 0.1) is 5.82 Å². The summed E-state index contributed by atoms with van der Waals surface area (Å²) in [6.07, 6.45) is -3.19. The molecule has 4 nitrogen and oxygen atoms in total. The van der Waals surface area contributed by atoms with Gasteiger partial charge in [-0.15, -0.1) is 0 Å². The van der Waals surface area contributed by atoms with Gasteiger partial charge in [0.2, 0.25) is 5.91 Å². The maximum absolute atomic E-state index is 14.6. The summed E-state index contributed by atoms with van der Waals surface area (Å²) >= 11 is 6.19. The molecule has 3 fully saturated rings. The van der Waals surface area contributed by atoms with Crippen molar-refractivity contribution in [3.05, 3.63) is 69.5 Å². The molecule has 0 N–H and O–H groups in total. The van der Waals surface area contributed by atoms with Crippen molar-refractivity contribution in [2.75, 3.05) is 45.8 Å². The van der Waals surface area contributed by atoms with E-state index < -0.39 is 40.6 Å². The fraction of sp³-hybridized carbons (Fsp3) is 0.618. The highest BCUT2D eigenvalue weighted by atomic mass is 35.5. The Hall–Kier alpha value is -2.37. The van der Waals surface area contributed by atoms with Crippen LogP contribution in [0.5, 0.6) is 0 Å². The van der Waals surface area contributed by atoms with Crippen LogP contribution in [0.25, 0.3) is 0 Å². The minimum Gasteiger partial charge on any atom is -0.342 e. The van der Waals surface area contributed by atoms with E-state index in [4.69, 9.17) is 11.6 Å². The SMILES string of the molecule is O=C(Cc1c(F)cccc1Cl)N1CCCC[C@](CCN2CCC(N3CCCCC3)CC2)(c2ccc(C(F)(F)F)c(C(F)(F)F)c2)C1. The van der Waals surface area contributed by atoms with E-state index in [-0.39, 0.29) is 29.1 Å². The van der Waals surface area contributed by atoms with Crippen LogP contribution in [0.4, 0.5) is 30.7 Å². The first-order valence-electron chi connectivity index (χ1n) is 16.2. The van der Waals surface area contributed by atoms with Crippen LogP contribution in [0.3, 0.4) is 0 Å². The standard InChI is InChI=1S/C34H41ClF7N3O/c35-29-7-6-8-30(36)26(29)22-31(46)45-17-5-2-13-32(23-45,24-9-10-27(33(37,38)39)28(21-24)34(40,41)42)14-20-43-18-11-25(12-19-43)44-15-3-1-4-16-44/h6-10,21,25H,1-5,11-20,22-23H2/t32-/m1/s1. The normalized spacial score (nSPS) is 23.0. The average molecular weight is 676 g/mol. The topological polar surface area (TPSA) is 26.8 Å². The molecule has 2 aromatic rings. The van der Waals surface area contributed by atoms with Crippen molar-refractivity contribution in [2.24, 2.45) is 0 Å². The molecule has 46 heavy (non-hydrogen) atoms. The van der Waals surface area contributed by atoms with Gasteiger partial charge in [0.15, 0.2) is 0 Å². The summed E-state index contributed by atoms with van der Waals surface area (Å²) in [6.45, 7) is 4.72. The number of nitrogens with zero attached hydrogens (tertiary/aromatic N) is 3. The van der Waals surface area contributed by atoms with E-state index in [1.807, 2.05) is 0 Å². The molecule has 3 heterocycles. The van der Waals surface area contributed by atoms with Gasteiger partial charge in [0.05, 0.1) is 17.5 Å². The molecule has 0 radical (unpaired) electrons. The molecule has 5 rings (SSSR count). The molecule has 0 bridgehead atoms. The summed E-state index contributed by atoms with van der Waals surface area (Å²) in [6, 6.07) is 6.95. The maximum atomic E-state index is 14.6. The molecule has 0 aromatic heterocycles. The first-order chi connectivity index (χ1) is 21.8. The van der Waals surface area contributed by atoms with Crippen molar-refractivity contribution >= 4 is 17.5 Å². The minimum atomic E-state index is -5.22. The van der Waals surface area contributed by atoms with Gasteiger partial charge in [-0.1, -0.05) is 36.6 Å². The fourth-order valence-electron chi connectivity index (χ4n) is 7.57. The lowest BCUT2D eigenvalue weighted by Gasteiger charge is -2.42. The van der Waals surface area contributed by atoms with Crippen molar-refractivity contribution in [2.45, 2.75) is 88.0 Å². The zero-order valence-corrected chi connectivity index (χ0v) is 26.6. The second-order valence-corrected chi connectivity index (χ2v) is 13.5. The second-order valence-electron chi connectivity index (χ2n) is 13.1. The molecule has 3 saturated heterocycles. The van der Waals surface area contributed by atoms with Gasteiger partial charge < -0.3 is 14.7 Å². The third-order valence-electron chi connectivity index (χ3n) is 10.2. The number of likely N-dealkylation sites (tertiary alicyclic amines) is 3. The first-order valence-corrected chi connectivity index (χ1v) is 16.6. The Kier molecular flexibility index (Phi) is 10.9. The van der Waals surface area contributed by atoms with Crippen molar-refractivity contribution in [3.8, 4) is 0 Å². The molecule has 2 aromatic carbocycles.